The molecule has 1 atom stereocenters. The van der Waals surface area contributed by atoms with Crippen LogP contribution in [0.15, 0.2) is 22.4 Å². The van der Waals surface area contributed by atoms with Crippen LogP contribution in [0.3, 0.4) is 0 Å². The van der Waals surface area contributed by atoms with Crippen molar-refractivity contribution in [2.75, 3.05) is 0 Å². The van der Waals surface area contributed by atoms with E-state index in [1.54, 1.807) is 11.1 Å². The lowest BCUT2D eigenvalue weighted by molar-refractivity contribution is -0.132. The lowest BCUT2D eigenvalue weighted by Crippen LogP contribution is -2.02. The molecule has 0 radical (unpaired) electrons. The van der Waals surface area contributed by atoms with E-state index in [1.165, 1.54) is 12.8 Å². The zero-order valence-corrected chi connectivity index (χ0v) is 11.8. The van der Waals surface area contributed by atoms with E-state index in [9.17, 15) is 4.79 Å². The number of esters is 1. The predicted molar refractivity (Wildman–Crippen MR) is 68.0 cm³/mol. The highest BCUT2D eigenvalue weighted by Gasteiger charge is 2.24. The lowest BCUT2D eigenvalue weighted by atomic mass is 10.1. The first-order valence-corrected chi connectivity index (χ1v) is 6.90. The summed E-state index contributed by atoms with van der Waals surface area (Å²) in [4.78, 5) is 12.9. The molecule has 84 valence electrons. The summed E-state index contributed by atoms with van der Waals surface area (Å²) in [6.45, 7) is 2.18. The van der Waals surface area contributed by atoms with Crippen LogP contribution < -0.4 is 0 Å². The van der Waals surface area contributed by atoms with Crippen LogP contribution in [0.1, 0.15) is 32.6 Å². The zero-order chi connectivity index (χ0) is 11.3. The van der Waals surface area contributed by atoms with E-state index < -0.39 is 0 Å². The van der Waals surface area contributed by atoms with Gasteiger partial charge in [0.1, 0.15) is 5.76 Å². The van der Waals surface area contributed by atoms with E-state index in [2.05, 4.69) is 38.8 Å². The van der Waals surface area contributed by atoms with Crippen LogP contribution in [0.4, 0.5) is 0 Å². The number of rotatable bonds is 5. The van der Waals surface area contributed by atoms with Crippen LogP contribution >= 0.6 is 31.9 Å². The Morgan fingerprint density at radius 2 is 2.27 bits per heavy atom. The minimum atomic E-state index is -0.282. The molecule has 1 unspecified atom stereocenters. The van der Waals surface area contributed by atoms with Gasteiger partial charge >= 0.3 is 5.97 Å². The van der Waals surface area contributed by atoms with E-state index in [-0.39, 0.29) is 10.8 Å². The summed E-state index contributed by atoms with van der Waals surface area (Å²) >= 11 is 6.77. The number of carbonyl (C=O) groups excluding carboxylic acids is 1. The van der Waals surface area contributed by atoms with Gasteiger partial charge in [0.05, 0.1) is 0 Å². The summed E-state index contributed by atoms with van der Waals surface area (Å²) in [7, 11) is 0. The van der Waals surface area contributed by atoms with Crippen LogP contribution in [0.5, 0.6) is 0 Å². The van der Waals surface area contributed by atoms with Crippen molar-refractivity contribution < 1.29 is 9.53 Å². The van der Waals surface area contributed by atoms with Crippen molar-refractivity contribution in [2.45, 2.75) is 37.4 Å². The Morgan fingerprint density at radius 3 is 2.87 bits per heavy atom. The molecule has 0 saturated heterocycles. The molecule has 0 amide bonds. The van der Waals surface area contributed by atoms with Crippen molar-refractivity contribution in [3.05, 3.63) is 22.4 Å². The normalized spacial score (nSPS) is 20.3. The standard InChI is InChI=1S/C11H14Br2O2/c1-2-3-4-5-9(13)8-6-11(14)15-10(8)7-12/h6-7,9H,2-5H2,1H3/b10-7-. The number of hydrogen-bond donors (Lipinski definition) is 0. The van der Waals surface area contributed by atoms with E-state index in [0.29, 0.717) is 5.76 Å². The zero-order valence-electron chi connectivity index (χ0n) is 8.63. The summed E-state index contributed by atoms with van der Waals surface area (Å²) in [5.41, 5.74) is 0.938. The molecule has 0 aliphatic carbocycles. The summed E-state index contributed by atoms with van der Waals surface area (Å²) in [5.74, 6) is 0.342. The molecule has 0 N–H and O–H groups in total. The molecule has 0 saturated carbocycles. The fourth-order valence-electron chi connectivity index (χ4n) is 1.45. The highest BCUT2D eigenvalue weighted by molar-refractivity contribution is 9.11. The molecule has 1 aliphatic heterocycles. The van der Waals surface area contributed by atoms with Crippen LogP contribution in [-0.2, 0) is 9.53 Å². The largest absolute Gasteiger partial charge is 0.422 e. The van der Waals surface area contributed by atoms with Gasteiger partial charge in [0.2, 0.25) is 0 Å². The van der Waals surface area contributed by atoms with Crippen LogP contribution in [0, 0.1) is 0 Å². The van der Waals surface area contributed by atoms with Gasteiger partial charge < -0.3 is 4.74 Å². The molecule has 2 nitrogen and oxygen atoms in total. The predicted octanol–water partition coefficient (Wildman–Crippen LogP) is 4.05. The van der Waals surface area contributed by atoms with Gasteiger partial charge in [-0.25, -0.2) is 4.79 Å². The average molecular weight is 338 g/mol. The maximum absolute atomic E-state index is 11.1. The first-order chi connectivity index (χ1) is 7.19. The monoisotopic (exact) mass is 336 g/mol. The third kappa shape index (κ3) is 3.76. The van der Waals surface area contributed by atoms with Gasteiger partial charge in [-0.2, -0.15) is 0 Å². The first kappa shape index (κ1) is 13.0. The van der Waals surface area contributed by atoms with Crippen molar-refractivity contribution >= 4 is 37.8 Å². The number of hydrogen-bond acceptors (Lipinski definition) is 2. The van der Waals surface area contributed by atoms with Gasteiger partial charge in [-0.15, -0.1) is 0 Å². The molecule has 0 bridgehead atoms. The van der Waals surface area contributed by atoms with Crippen molar-refractivity contribution in [2.24, 2.45) is 0 Å². The van der Waals surface area contributed by atoms with Crippen molar-refractivity contribution in [3.63, 3.8) is 0 Å². The molecule has 0 aromatic carbocycles. The number of unbranched alkanes of at least 4 members (excludes halogenated alkanes) is 2. The van der Waals surface area contributed by atoms with Crippen molar-refractivity contribution in [3.8, 4) is 0 Å². The minimum Gasteiger partial charge on any atom is -0.422 e. The van der Waals surface area contributed by atoms with E-state index in [1.807, 2.05) is 0 Å². The highest BCUT2D eigenvalue weighted by atomic mass is 79.9. The molecule has 0 aromatic rings. The summed E-state index contributed by atoms with van der Waals surface area (Å²) in [6, 6.07) is 0. The fraction of sp³-hybridized carbons (Fsp3) is 0.545. The SMILES string of the molecule is CCCCCC(Br)C1=CC(=O)O/C1=C\Br. The average Bonchev–Trinajstić information content (AvgIpc) is 2.60. The molecular weight excluding hydrogens is 324 g/mol. The molecule has 15 heavy (non-hydrogen) atoms. The second-order valence-corrected chi connectivity index (χ2v) is 5.02. The second-order valence-electron chi connectivity index (χ2n) is 3.46. The van der Waals surface area contributed by atoms with Crippen LogP contribution in [0.25, 0.3) is 0 Å². The van der Waals surface area contributed by atoms with Crippen molar-refractivity contribution in [1.82, 2.24) is 0 Å². The number of ether oxygens (including phenoxy) is 1. The maximum atomic E-state index is 11.1. The Balaban J connectivity index is 2.54. The van der Waals surface area contributed by atoms with E-state index in [0.717, 1.165) is 18.4 Å². The van der Waals surface area contributed by atoms with Crippen molar-refractivity contribution in [1.29, 1.82) is 0 Å². The van der Waals surface area contributed by atoms with Gasteiger partial charge in [0.15, 0.2) is 0 Å². The quantitative estimate of drug-likeness (QED) is 0.430. The Morgan fingerprint density at radius 1 is 1.53 bits per heavy atom. The summed E-state index contributed by atoms with van der Waals surface area (Å²) in [5, 5.41) is 0. The molecule has 0 fully saturated rings. The molecule has 0 spiro atoms. The number of carbonyl (C=O) groups is 1. The smallest absolute Gasteiger partial charge is 0.336 e. The van der Waals surface area contributed by atoms with Gasteiger partial charge in [-0.3, -0.25) is 0 Å². The molecule has 1 rings (SSSR count). The van der Waals surface area contributed by atoms with Crippen LogP contribution in [-0.4, -0.2) is 10.8 Å². The van der Waals surface area contributed by atoms with E-state index in [4.69, 9.17) is 4.74 Å². The Labute approximate surface area is 107 Å². The topological polar surface area (TPSA) is 26.3 Å². The van der Waals surface area contributed by atoms with Crippen LogP contribution in [0.2, 0.25) is 0 Å². The Kier molecular flexibility index (Phi) is 5.61. The molecule has 0 aromatic heterocycles. The lowest BCUT2D eigenvalue weighted by Gasteiger charge is -2.10. The third-order valence-electron chi connectivity index (χ3n) is 2.27. The summed E-state index contributed by atoms with van der Waals surface area (Å²) in [6.07, 6.45) is 6.17. The molecule has 4 heteroatoms. The van der Waals surface area contributed by atoms with Gasteiger partial charge in [0, 0.05) is 21.5 Å². The molecule has 1 aliphatic rings. The fourth-order valence-corrected chi connectivity index (χ4v) is 2.49. The number of alkyl halides is 1. The van der Waals surface area contributed by atoms with Gasteiger partial charge in [-0.1, -0.05) is 58.0 Å². The molecular formula is C11H14Br2O2. The second kappa shape index (κ2) is 6.48. The highest BCUT2D eigenvalue weighted by Crippen LogP contribution is 2.30. The minimum absolute atomic E-state index is 0.208. The molecule has 1 heterocycles. The first-order valence-electron chi connectivity index (χ1n) is 5.07. The maximum Gasteiger partial charge on any atom is 0.336 e. The third-order valence-corrected chi connectivity index (χ3v) is 3.63. The summed E-state index contributed by atoms with van der Waals surface area (Å²) < 4.78 is 5.00. The number of halogens is 2. The van der Waals surface area contributed by atoms with Gasteiger partial charge in [0.25, 0.3) is 0 Å². The Bertz CT molecular complexity index is 295. The van der Waals surface area contributed by atoms with E-state index >= 15 is 0 Å². The number of allylic oxidation sites excluding steroid dienone is 1. The Hall–Kier alpha value is -0.0900. The number of cyclic esters (lactones) is 1. The van der Waals surface area contributed by atoms with Gasteiger partial charge in [-0.05, 0) is 6.42 Å².